The molecule has 1 aromatic rings. The highest BCUT2D eigenvalue weighted by molar-refractivity contribution is 5.21. The van der Waals surface area contributed by atoms with E-state index < -0.39 is 0 Å². The summed E-state index contributed by atoms with van der Waals surface area (Å²) in [6.45, 7) is 6.30. The number of rotatable bonds is 1. The predicted molar refractivity (Wildman–Crippen MR) is 65.9 cm³/mol. The highest BCUT2D eigenvalue weighted by atomic mass is 16.7. The second-order valence-corrected chi connectivity index (χ2v) is 5.38. The van der Waals surface area contributed by atoms with E-state index in [1.54, 1.807) is 0 Å². The lowest BCUT2D eigenvalue weighted by Gasteiger charge is -2.34. The van der Waals surface area contributed by atoms with Gasteiger partial charge >= 0.3 is 0 Å². The minimum Gasteiger partial charge on any atom is -0.279 e. The van der Waals surface area contributed by atoms with Gasteiger partial charge in [-0.05, 0) is 26.3 Å². The summed E-state index contributed by atoms with van der Waals surface area (Å²) >= 11 is 0. The zero-order valence-electron chi connectivity index (χ0n) is 10.6. The monoisotopic (exact) mass is 230 g/mol. The predicted octanol–water partition coefficient (Wildman–Crippen LogP) is 3.06. The summed E-state index contributed by atoms with van der Waals surface area (Å²) < 4.78 is 0. The Morgan fingerprint density at radius 3 is 2.47 bits per heavy atom. The molecule has 3 heteroatoms. The molecule has 0 aromatic heterocycles. The summed E-state index contributed by atoms with van der Waals surface area (Å²) in [5.74, 6) is 0. The Bertz CT molecular complexity index is 416. The Labute approximate surface area is 103 Å². The maximum atomic E-state index is 9.01. The summed E-state index contributed by atoms with van der Waals surface area (Å²) in [4.78, 5) is 5.71. The van der Waals surface area contributed by atoms with E-state index >= 15 is 0 Å². The van der Waals surface area contributed by atoms with Crippen LogP contribution in [-0.2, 0) is 4.84 Å². The zero-order valence-corrected chi connectivity index (χ0v) is 10.6. The average molecular weight is 230 g/mol. The maximum absolute atomic E-state index is 9.01. The number of hydroxylamine groups is 2. The summed E-state index contributed by atoms with van der Waals surface area (Å²) in [6.07, 6.45) is 0.400. The second-order valence-electron chi connectivity index (χ2n) is 5.38. The molecule has 2 rings (SSSR count). The number of hydrogen-bond donors (Lipinski definition) is 0. The van der Waals surface area contributed by atoms with Gasteiger partial charge in [0.2, 0.25) is 0 Å². The fourth-order valence-electron chi connectivity index (χ4n) is 2.20. The molecule has 0 unspecified atom stereocenters. The SMILES string of the molecule is CC(C)(C)N1O[C@@H](C#N)C[C@H]1c1ccccc1. The molecule has 17 heavy (non-hydrogen) atoms. The standard InChI is InChI=1S/C14H18N2O/c1-14(2,3)16-13(9-12(10-15)17-16)11-7-5-4-6-8-11/h4-8,12-13H,9H2,1-3H3/t12-,13+/m1/s1. The molecule has 1 aliphatic rings. The van der Waals surface area contributed by atoms with E-state index in [4.69, 9.17) is 10.1 Å². The smallest absolute Gasteiger partial charge is 0.167 e. The first-order valence-corrected chi connectivity index (χ1v) is 5.93. The van der Waals surface area contributed by atoms with Crippen LogP contribution in [0, 0.1) is 11.3 Å². The summed E-state index contributed by atoms with van der Waals surface area (Å²) in [6, 6.07) is 12.6. The molecule has 90 valence electrons. The Kier molecular flexibility index (Phi) is 3.19. The lowest BCUT2D eigenvalue weighted by molar-refractivity contribution is -0.203. The molecule has 2 atom stereocenters. The molecule has 0 N–H and O–H groups in total. The van der Waals surface area contributed by atoms with Crippen LogP contribution in [0.5, 0.6) is 0 Å². The second kappa shape index (κ2) is 4.48. The van der Waals surface area contributed by atoms with E-state index in [-0.39, 0.29) is 17.7 Å². The van der Waals surface area contributed by atoms with Crippen LogP contribution in [0.1, 0.15) is 38.8 Å². The molecule has 1 heterocycles. The van der Waals surface area contributed by atoms with Gasteiger partial charge in [-0.3, -0.25) is 4.84 Å². The van der Waals surface area contributed by atoms with Crippen molar-refractivity contribution in [2.45, 2.75) is 44.9 Å². The Morgan fingerprint density at radius 1 is 1.29 bits per heavy atom. The molecule has 3 nitrogen and oxygen atoms in total. The highest BCUT2D eigenvalue weighted by Crippen LogP contribution is 2.38. The molecular formula is C14H18N2O. The topological polar surface area (TPSA) is 36.3 Å². The molecule has 0 radical (unpaired) electrons. The third kappa shape index (κ3) is 2.49. The van der Waals surface area contributed by atoms with Gasteiger partial charge in [-0.15, -0.1) is 0 Å². The fraction of sp³-hybridized carbons (Fsp3) is 0.500. The molecule has 0 spiro atoms. The first kappa shape index (κ1) is 12.1. The third-order valence-electron chi connectivity index (χ3n) is 2.95. The van der Waals surface area contributed by atoms with Crippen LogP contribution in [0.15, 0.2) is 30.3 Å². The van der Waals surface area contributed by atoms with Crippen molar-refractivity contribution < 1.29 is 4.84 Å². The van der Waals surface area contributed by atoms with E-state index in [9.17, 15) is 0 Å². The zero-order chi connectivity index (χ0) is 12.5. The lowest BCUT2D eigenvalue weighted by Crippen LogP contribution is -2.40. The van der Waals surface area contributed by atoms with Crippen LogP contribution >= 0.6 is 0 Å². The van der Waals surface area contributed by atoms with Crippen LogP contribution in [0.2, 0.25) is 0 Å². The Morgan fingerprint density at radius 2 is 1.94 bits per heavy atom. The molecule has 1 aromatic carbocycles. The first-order valence-electron chi connectivity index (χ1n) is 5.93. The number of nitrogens with zero attached hydrogens (tertiary/aromatic N) is 2. The normalized spacial score (nSPS) is 25.8. The van der Waals surface area contributed by atoms with Crippen molar-refractivity contribution in [1.29, 1.82) is 5.26 Å². The van der Waals surface area contributed by atoms with Crippen LogP contribution in [0.25, 0.3) is 0 Å². The number of hydrogen-bond acceptors (Lipinski definition) is 3. The summed E-state index contributed by atoms with van der Waals surface area (Å²) in [5, 5.41) is 11.0. The Balaban J connectivity index is 2.29. The van der Waals surface area contributed by atoms with Crippen LogP contribution in [0.3, 0.4) is 0 Å². The van der Waals surface area contributed by atoms with Crippen molar-refractivity contribution >= 4 is 0 Å². The van der Waals surface area contributed by atoms with Crippen molar-refractivity contribution in [2.75, 3.05) is 0 Å². The molecule has 0 amide bonds. The van der Waals surface area contributed by atoms with E-state index in [1.165, 1.54) is 5.56 Å². The van der Waals surface area contributed by atoms with Crippen molar-refractivity contribution in [1.82, 2.24) is 5.06 Å². The van der Waals surface area contributed by atoms with Crippen LogP contribution in [0.4, 0.5) is 0 Å². The van der Waals surface area contributed by atoms with Gasteiger partial charge in [-0.2, -0.15) is 10.3 Å². The molecule has 0 bridgehead atoms. The molecule has 1 fully saturated rings. The third-order valence-corrected chi connectivity index (χ3v) is 2.95. The molecule has 1 aliphatic heterocycles. The van der Waals surface area contributed by atoms with Crippen molar-refractivity contribution in [3.63, 3.8) is 0 Å². The number of nitriles is 1. The van der Waals surface area contributed by atoms with Gasteiger partial charge in [0, 0.05) is 12.0 Å². The van der Waals surface area contributed by atoms with Gasteiger partial charge < -0.3 is 0 Å². The molecule has 0 saturated carbocycles. The van der Waals surface area contributed by atoms with Gasteiger partial charge in [0.15, 0.2) is 6.10 Å². The average Bonchev–Trinajstić information content (AvgIpc) is 2.74. The van der Waals surface area contributed by atoms with Gasteiger partial charge in [0.1, 0.15) is 0 Å². The van der Waals surface area contributed by atoms with Crippen LogP contribution in [-0.4, -0.2) is 16.7 Å². The van der Waals surface area contributed by atoms with E-state index in [2.05, 4.69) is 39.0 Å². The van der Waals surface area contributed by atoms with E-state index in [0.29, 0.717) is 0 Å². The lowest BCUT2D eigenvalue weighted by atomic mass is 9.98. The van der Waals surface area contributed by atoms with Gasteiger partial charge in [-0.25, -0.2) is 0 Å². The quantitative estimate of drug-likeness (QED) is 0.744. The van der Waals surface area contributed by atoms with Crippen molar-refractivity contribution in [3.8, 4) is 6.07 Å². The van der Waals surface area contributed by atoms with Crippen LogP contribution < -0.4 is 0 Å². The summed E-state index contributed by atoms with van der Waals surface area (Å²) in [5.41, 5.74) is 1.10. The Hall–Kier alpha value is -1.37. The van der Waals surface area contributed by atoms with Crippen molar-refractivity contribution in [3.05, 3.63) is 35.9 Å². The minimum atomic E-state index is -0.334. The summed E-state index contributed by atoms with van der Waals surface area (Å²) in [7, 11) is 0. The van der Waals surface area contributed by atoms with Gasteiger partial charge in [0.05, 0.1) is 12.1 Å². The minimum absolute atomic E-state index is 0.105. The van der Waals surface area contributed by atoms with Gasteiger partial charge in [0.25, 0.3) is 0 Å². The fourth-order valence-corrected chi connectivity index (χ4v) is 2.20. The van der Waals surface area contributed by atoms with Gasteiger partial charge in [-0.1, -0.05) is 30.3 Å². The molecular weight excluding hydrogens is 212 g/mol. The van der Waals surface area contributed by atoms with E-state index in [0.717, 1.165) is 6.42 Å². The first-order chi connectivity index (χ1) is 8.02. The molecule has 0 aliphatic carbocycles. The largest absolute Gasteiger partial charge is 0.279 e. The van der Waals surface area contributed by atoms with Crippen molar-refractivity contribution in [2.24, 2.45) is 0 Å². The molecule has 1 saturated heterocycles. The van der Waals surface area contributed by atoms with E-state index in [1.807, 2.05) is 23.3 Å². The highest BCUT2D eigenvalue weighted by Gasteiger charge is 2.40. The number of benzene rings is 1. The maximum Gasteiger partial charge on any atom is 0.167 e.